The largest absolute Gasteiger partial charge is 0.507 e. The SMILES string of the molecule is Cc1ccc(-c2nc(-c3ccc(C)cc3C)nc(-c3ccc(Br)cc3O)n2)c(C)c1. The smallest absolute Gasteiger partial charge is 0.167 e. The zero-order valence-corrected chi connectivity index (χ0v) is 18.9. The second-order valence-corrected chi connectivity index (χ2v) is 8.52. The summed E-state index contributed by atoms with van der Waals surface area (Å²) < 4.78 is 0.794. The van der Waals surface area contributed by atoms with Crippen molar-refractivity contribution in [1.29, 1.82) is 0 Å². The molecule has 0 saturated heterocycles. The molecule has 0 fully saturated rings. The molecule has 0 bridgehead atoms. The fourth-order valence-corrected chi connectivity index (χ4v) is 3.91. The number of halogens is 1. The molecule has 0 aliphatic heterocycles. The molecule has 0 saturated carbocycles. The van der Waals surface area contributed by atoms with Crippen molar-refractivity contribution in [2.75, 3.05) is 0 Å². The summed E-state index contributed by atoms with van der Waals surface area (Å²) in [6.45, 7) is 8.24. The number of hydrogen-bond acceptors (Lipinski definition) is 4. The van der Waals surface area contributed by atoms with E-state index in [0.29, 0.717) is 23.0 Å². The number of aromatic hydroxyl groups is 1. The van der Waals surface area contributed by atoms with Crippen LogP contribution in [0.3, 0.4) is 0 Å². The summed E-state index contributed by atoms with van der Waals surface area (Å²) in [7, 11) is 0. The van der Waals surface area contributed by atoms with Gasteiger partial charge in [-0.1, -0.05) is 63.5 Å². The molecule has 0 radical (unpaired) electrons. The number of hydrogen-bond donors (Lipinski definition) is 1. The van der Waals surface area contributed by atoms with Crippen LogP contribution < -0.4 is 0 Å². The predicted octanol–water partition coefficient (Wildman–Crippen LogP) is 6.57. The van der Waals surface area contributed by atoms with Crippen molar-refractivity contribution >= 4 is 15.9 Å². The lowest BCUT2D eigenvalue weighted by Crippen LogP contribution is -2.02. The van der Waals surface area contributed by atoms with Gasteiger partial charge < -0.3 is 5.11 Å². The van der Waals surface area contributed by atoms with Gasteiger partial charge in [0.05, 0.1) is 5.56 Å². The maximum atomic E-state index is 10.5. The van der Waals surface area contributed by atoms with E-state index in [4.69, 9.17) is 15.0 Å². The van der Waals surface area contributed by atoms with Crippen LogP contribution in [-0.4, -0.2) is 20.1 Å². The fourth-order valence-electron chi connectivity index (χ4n) is 3.56. The molecule has 0 unspecified atom stereocenters. The van der Waals surface area contributed by atoms with Crippen molar-refractivity contribution in [1.82, 2.24) is 15.0 Å². The molecule has 150 valence electrons. The number of rotatable bonds is 3. The molecule has 1 aromatic heterocycles. The molecule has 0 aliphatic carbocycles. The third-order valence-electron chi connectivity index (χ3n) is 5.08. The Morgan fingerprint density at radius 3 is 1.47 bits per heavy atom. The highest BCUT2D eigenvalue weighted by Crippen LogP contribution is 2.33. The Bertz CT molecular complexity index is 1100. The molecule has 30 heavy (non-hydrogen) atoms. The molecular weight excluding hydrogens is 438 g/mol. The van der Waals surface area contributed by atoms with Crippen LogP contribution in [0.25, 0.3) is 34.2 Å². The normalized spacial score (nSPS) is 11.0. The first kappa shape index (κ1) is 20.2. The predicted molar refractivity (Wildman–Crippen MR) is 124 cm³/mol. The second-order valence-electron chi connectivity index (χ2n) is 7.60. The Balaban J connectivity index is 1.98. The Kier molecular flexibility index (Phi) is 5.39. The van der Waals surface area contributed by atoms with Crippen LogP contribution in [-0.2, 0) is 0 Å². The lowest BCUT2D eigenvalue weighted by atomic mass is 10.0. The molecule has 4 nitrogen and oxygen atoms in total. The van der Waals surface area contributed by atoms with E-state index in [1.165, 1.54) is 11.1 Å². The number of phenols is 1. The zero-order chi connectivity index (χ0) is 21.4. The average molecular weight is 460 g/mol. The third-order valence-corrected chi connectivity index (χ3v) is 5.57. The van der Waals surface area contributed by atoms with Crippen molar-refractivity contribution in [3.63, 3.8) is 0 Å². The molecule has 0 amide bonds. The van der Waals surface area contributed by atoms with Crippen LogP contribution in [0, 0.1) is 27.7 Å². The van der Waals surface area contributed by atoms with Crippen molar-refractivity contribution < 1.29 is 5.11 Å². The first-order chi connectivity index (χ1) is 14.3. The summed E-state index contributed by atoms with van der Waals surface area (Å²) in [5.41, 5.74) is 7.03. The van der Waals surface area contributed by atoms with E-state index < -0.39 is 0 Å². The van der Waals surface area contributed by atoms with E-state index in [1.807, 2.05) is 24.3 Å². The minimum atomic E-state index is 0.119. The Morgan fingerprint density at radius 2 is 1.03 bits per heavy atom. The number of phenolic OH excluding ortho intramolecular Hbond substituents is 1. The average Bonchev–Trinajstić information content (AvgIpc) is 2.67. The van der Waals surface area contributed by atoms with Crippen molar-refractivity contribution in [2.24, 2.45) is 0 Å². The van der Waals surface area contributed by atoms with Crippen LogP contribution in [0.4, 0.5) is 0 Å². The lowest BCUT2D eigenvalue weighted by Gasteiger charge is -2.12. The number of nitrogens with zero attached hydrogens (tertiary/aromatic N) is 3. The highest BCUT2D eigenvalue weighted by Gasteiger charge is 2.16. The fraction of sp³-hybridized carbons (Fsp3) is 0.160. The van der Waals surface area contributed by atoms with Crippen molar-refractivity contribution in [3.8, 4) is 39.9 Å². The van der Waals surface area contributed by atoms with Gasteiger partial charge in [-0.05, 0) is 57.0 Å². The monoisotopic (exact) mass is 459 g/mol. The summed E-state index contributed by atoms with van der Waals surface area (Å²) in [4.78, 5) is 14.3. The van der Waals surface area contributed by atoms with E-state index >= 15 is 0 Å². The molecule has 0 atom stereocenters. The van der Waals surface area contributed by atoms with Gasteiger partial charge in [0, 0.05) is 15.6 Å². The first-order valence-corrected chi connectivity index (χ1v) is 10.5. The summed E-state index contributed by atoms with van der Waals surface area (Å²) in [5.74, 6) is 1.75. The summed E-state index contributed by atoms with van der Waals surface area (Å²) in [6, 6.07) is 17.7. The van der Waals surface area contributed by atoms with E-state index in [9.17, 15) is 5.11 Å². The van der Waals surface area contributed by atoms with Gasteiger partial charge >= 0.3 is 0 Å². The molecular formula is C25H22BrN3O. The summed E-state index contributed by atoms with van der Waals surface area (Å²) in [6.07, 6.45) is 0. The summed E-state index contributed by atoms with van der Waals surface area (Å²) >= 11 is 3.39. The van der Waals surface area contributed by atoms with Gasteiger partial charge in [-0.3, -0.25) is 0 Å². The van der Waals surface area contributed by atoms with Crippen LogP contribution in [0.15, 0.2) is 59.1 Å². The molecule has 1 heterocycles. The van der Waals surface area contributed by atoms with Crippen LogP contribution >= 0.6 is 15.9 Å². The molecule has 3 aromatic carbocycles. The van der Waals surface area contributed by atoms with Crippen LogP contribution in [0.2, 0.25) is 0 Å². The number of benzene rings is 3. The van der Waals surface area contributed by atoms with E-state index in [-0.39, 0.29) is 5.75 Å². The van der Waals surface area contributed by atoms with Crippen LogP contribution in [0.5, 0.6) is 5.75 Å². The standard InChI is InChI=1S/C25H22BrN3O/c1-14-5-8-19(16(3)11-14)23-27-24(20-9-6-15(2)12-17(20)4)29-25(28-23)21-10-7-18(26)13-22(21)30/h5-13,30H,1-4H3. The molecule has 5 heteroatoms. The van der Waals surface area contributed by atoms with Gasteiger partial charge in [0.2, 0.25) is 0 Å². The minimum absolute atomic E-state index is 0.119. The Hall–Kier alpha value is -3.05. The zero-order valence-electron chi connectivity index (χ0n) is 17.4. The Labute approximate surface area is 184 Å². The quantitative estimate of drug-likeness (QED) is 0.376. The minimum Gasteiger partial charge on any atom is -0.507 e. The Morgan fingerprint density at radius 1 is 0.600 bits per heavy atom. The van der Waals surface area contributed by atoms with E-state index in [2.05, 4.69) is 67.9 Å². The van der Waals surface area contributed by atoms with Gasteiger partial charge in [-0.2, -0.15) is 0 Å². The van der Waals surface area contributed by atoms with Gasteiger partial charge in [0.15, 0.2) is 17.5 Å². The highest BCUT2D eigenvalue weighted by molar-refractivity contribution is 9.10. The molecule has 1 N–H and O–H groups in total. The molecule has 4 aromatic rings. The van der Waals surface area contributed by atoms with Crippen molar-refractivity contribution in [2.45, 2.75) is 27.7 Å². The second kappa shape index (κ2) is 8.00. The third kappa shape index (κ3) is 3.98. The van der Waals surface area contributed by atoms with Crippen LogP contribution in [0.1, 0.15) is 22.3 Å². The van der Waals surface area contributed by atoms with E-state index in [1.54, 1.807) is 6.07 Å². The number of aromatic nitrogens is 3. The summed E-state index contributed by atoms with van der Waals surface area (Å²) in [5, 5.41) is 10.5. The molecule has 4 rings (SSSR count). The molecule has 0 aliphatic rings. The van der Waals surface area contributed by atoms with E-state index in [0.717, 1.165) is 26.7 Å². The highest BCUT2D eigenvalue weighted by atomic mass is 79.9. The maximum Gasteiger partial charge on any atom is 0.167 e. The van der Waals surface area contributed by atoms with Gasteiger partial charge in [0.1, 0.15) is 5.75 Å². The van der Waals surface area contributed by atoms with Gasteiger partial charge in [-0.25, -0.2) is 15.0 Å². The maximum absolute atomic E-state index is 10.5. The topological polar surface area (TPSA) is 58.9 Å². The van der Waals surface area contributed by atoms with Gasteiger partial charge in [0.25, 0.3) is 0 Å². The first-order valence-electron chi connectivity index (χ1n) is 9.72. The molecule has 0 spiro atoms. The van der Waals surface area contributed by atoms with Crippen molar-refractivity contribution in [3.05, 3.63) is 81.3 Å². The lowest BCUT2D eigenvalue weighted by molar-refractivity contribution is 0.476. The van der Waals surface area contributed by atoms with Gasteiger partial charge in [-0.15, -0.1) is 0 Å². The number of aryl methyl sites for hydroxylation is 4.